The van der Waals surface area contributed by atoms with E-state index in [1.54, 1.807) is 18.2 Å². The van der Waals surface area contributed by atoms with Crippen LogP contribution in [0.2, 0.25) is 5.02 Å². The number of halogens is 1. The molecule has 1 aromatic carbocycles. The Hall–Kier alpha value is -1.33. The maximum Gasteiger partial charge on any atom is 0.264 e. The summed E-state index contributed by atoms with van der Waals surface area (Å²) in [6.07, 6.45) is 4.70. The second kappa shape index (κ2) is 8.34. The molecule has 0 aromatic heterocycles. The highest BCUT2D eigenvalue weighted by Crippen LogP contribution is 2.21. The minimum absolute atomic E-state index is 0.0591. The number of ether oxygens (including phenoxy) is 1. The number of nitrogens with one attached hydrogen (secondary N) is 1. The molecule has 0 radical (unpaired) electrons. The van der Waals surface area contributed by atoms with Gasteiger partial charge in [-0.1, -0.05) is 24.4 Å². The summed E-state index contributed by atoms with van der Waals surface area (Å²) in [5, 5.41) is 3.90. The van der Waals surface area contributed by atoms with Crippen LogP contribution in [-0.4, -0.2) is 35.6 Å². The van der Waals surface area contributed by atoms with Crippen molar-refractivity contribution in [1.82, 2.24) is 10.2 Å². The third-order valence-electron chi connectivity index (χ3n) is 3.64. The van der Waals surface area contributed by atoms with Crippen LogP contribution in [0.5, 0.6) is 5.75 Å². The van der Waals surface area contributed by atoms with Crippen molar-refractivity contribution in [3.05, 3.63) is 28.8 Å². The number of hydrogen-bond acceptors (Lipinski definition) is 3. The van der Waals surface area contributed by atoms with Gasteiger partial charge >= 0.3 is 0 Å². The van der Waals surface area contributed by atoms with E-state index in [0.29, 0.717) is 15.9 Å². The summed E-state index contributed by atoms with van der Waals surface area (Å²) in [5.41, 5.74) is 0.899. The fraction of sp³-hybridized carbons (Fsp3) is 0.500. The second-order valence-electron chi connectivity index (χ2n) is 5.45. The zero-order valence-electron chi connectivity index (χ0n) is 12.7. The number of rotatable bonds is 3. The molecule has 2 rings (SSSR count). The monoisotopic (exact) mass is 340 g/mol. The highest BCUT2D eigenvalue weighted by atomic mass is 35.5. The summed E-state index contributed by atoms with van der Waals surface area (Å²) in [7, 11) is 0. The lowest BCUT2D eigenvalue weighted by atomic mass is 10.2. The molecule has 1 fully saturated rings. The molecule has 0 atom stereocenters. The van der Waals surface area contributed by atoms with Crippen LogP contribution in [-0.2, 0) is 4.79 Å². The molecule has 22 heavy (non-hydrogen) atoms. The molecular weight excluding hydrogens is 320 g/mol. The van der Waals surface area contributed by atoms with E-state index in [1.165, 1.54) is 12.8 Å². The SMILES string of the molecule is Cc1cc(Cl)ccc1OCC(=O)NC(=S)N1CCCCCC1. The first kappa shape index (κ1) is 17.0. The third-order valence-corrected chi connectivity index (χ3v) is 4.23. The molecule has 0 unspecified atom stereocenters. The Balaban J connectivity index is 1.80. The third kappa shape index (κ3) is 5.14. The van der Waals surface area contributed by atoms with Crippen molar-refractivity contribution in [3.63, 3.8) is 0 Å². The van der Waals surface area contributed by atoms with Crippen molar-refractivity contribution in [2.24, 2.45) is 0 Å². The Morgan fingerprint density at radius 1 is 1.32 bits per heavy atom. The molecule has 4 nitrogen and oxygen atoms in total. The van der Waals surface area contributed by atoms with Gasteiger partial charge < -0.3 is 15.0 Å². The van der Waals surface area contributed by atoms with Crippen molar-refractivity contribution in [3.8, 4) is 5.75 Å². The quantitative estimate of drug-likeness (QED) is 0.857. The Morgan fingerprint density at radius 2 is 2.00 bits per heavy atom. The predicted molar refractivity (Wildman–Crippen MR) is 92.5 cm³/mol. The number of carbonyl (C=O) groups excluding carboxylic acids is 1. The lowest BCUT2D eigenvalue weighted by molar-refractivity contribution is -0.121. The van der Waals surface area contributed by atoms with Gasteiger partial charge in [0.05, 0.1) is 0 Å². The van der Waals surface area contributed by atoms with Crippen molar-refractivity contribution >= 4 is 34.8 Å². The van der Waals surface area contributed by atoms with E-state index in [-0.39, 0.29) is 12.5 Å². The summed E-state index contributed by atoms with van der Waals surface area (Å²) in [4.78, 5) is 14.0. The van der Waals surface area contributed by atoms with Crippen LogP contribution in [0.3, 0.4) is 0 Å². The first-order chi connectivity index (χ1) is 10.6. The van der Waals surface area contributed by atoms with Crippen LogP contribution in [0.25, 0.3) is 0 Å². The van der Waals surface area contributed by atoms with E-state index < -0.39 is 0 Å². The van der Waals surface area contributed by atoms with Crippen LogP contribution in [0.15, 0.2) is 18.2 Å². The van der Waals surface area contributed by atoms with Gasteiger partial charge in [0.2, 0.25) is 0 Å². The summed E-state index contributed by atoms with van der Waals surface area (Å²) in [6, 6.07) is 5.30. The molecular formula is C16H21ClN2O2S. The molecule has 0 bridgehead atoms. The Bertz CT molecular complexity index is 543. The van der Waals surface area contributed by atoms with E-state index in [0.717, 1.165) is 31.5 Å². The number of benzene rings is 1. The smallest absolute Gasteiger partial charge is 0.264 e. The molecule has 1 heterocycles. The van der Waals surface area contributed by atoms with Gasteiger partial charge in [0.15, 0.2) is 11.7 Å². The highest BCUT2D eigenvalue weighted by Gasteiger charge is 2.15. The molecule has 1 aliphatic rings. The lowest BCUT2D eigenvalue weighted by Crippen LogP contribution is -2.44. The Morgan fingerprint density at radius 3 is 2.64 bits per heavy atom. The number of hydrogen-bond donors (Lipinski definition) is 1. The molecule has 1 N–H and O–H groups in total. The van der Waals surface area contributed by atoms with Gasteiger partial charge in [0, 0.05) is 18.1 Å². The van der Waals surface area contributed by atoms with Gasteiger partial charge in [0.25, 0.3) is 5.91 Å². The van der Waals surface area contributed by atoms with Gasteiger partial charge in [-0.2, -0.15) is 0 Å². The fourth-order valence-corrected chi connectivity index (χ4v) is 2.95. The molecule has 120 valence electrons. The standard InChI is InChI=1S/C16H21ClN2O2S/c1-12-10-13(17)6-7-14(12)21-11-15(20)18-16(22)19-8-4-2-3-5-9-19/h6-7,10H,2-5,8-9,11H2,1H3,(H,18,20,22). The number of nitrogens with zero attached hydrogens (tertiary/aromatic N) is 1. The Labute approximate surface area is 141 Å². The van der Waals surface area contributed by atoms with E-state index in [2.05, 4.69) is 10.2 Å². The van der Waals surface area contributed by atoms with Crippen LogP contribution >= 0.6 is 23.8 Å². The normalized spacial score (nSPS) is 15.1. The van der Waals surface area contributed by atoms with E-state index in [9.17, 15) is 4.79 Å². The molecule has 1 aromatic rings. The van der Waals surface area contributed by atoms with E-state index in [1.807, 2.05) is 6.92 Å². The molecule has 0 saturated carbocycles. The average Bonchev–Trinajstić information content (AvgIpc) is 2.75. The van der Waals surface area contributed by atoms with Gasteiger partial charge in [-0.15, -0.1) is 0 Å². The van der Waals surface area contributed by atoms with Crippen molar-refractivity contribution in [2.75, 3.05) is 19.7 Å². The summed E-state index contributed by atoms with van der Waals surface area (Å²) in [6.45, 7) is 3.66. The largest absolute Gasteiger partial charge is 0.483 e. The first-order valence-electron chi connectivity index (χ1n) is 7.54. The fourth-order valence-electron chi connectivity index (χ4n) is 2.43. The maximum absolute atomic E-state index is 12.0. The second-order valence-corrected chi connectivity index (χ2v) is 6.28. The lowest BCUT2D eigenvalue weighted by Gasteiger charge is -2.23. The van der Waals surface area contributed by atoms with Crippen LogP contribution in [0, 0.1) is 6.92 Å². The van der Waals surface area contributed by atoms with Crippen LogP contribution < -0.4 is 10.1 Å². The number of aryl methyl sites for hydroxylation is 1. The number of amides is 1. The Kier molecular flexibility index (Phi) is 6.46. The molecule has 1 saturated heterocycles. The molecule has 1 amide bonds. The van der Waals surface area contributed by atoms with Crippen molar-refractivity contribution < 1.29 is 9.53 Å². The first-order valence-corrected chi connectivity index (χ1v) is 8.32. The summed E-state index contributed by atoms with van der Waals surface area (Å²) < 4.78 is 5.52. The zero-order valence-corrected chi connectivity index (χ0v) is 14.3. The van der Waals surface area contributed by atoms with Crippen molar-refractivity contribution in [1.29, 1.82) is 0 Å². The molecule has 6 heteroatoms. The molecule has 0 spiro atoms. The predicted octanol–water partition coefficient (Wildman–Crippen LogP) is 3.30. The van der Waals surface area contributed by atoms with Gasteiger partial charge in [-0.05, 0) is 55.7 Å². The van der Waals surface area contributed by atoms with Crippen LogP contribution in [0.4, 0.5) is 0 Å². The van der Waals surface area contributed by atoms with Gasteiger partial charge in [0.1, 0.15) is 5.75 Å². The number of carbonyl (C=O) groups is 1. The minimum Gasteiger partial charge on any atom is -0.483 e. The topological polar surface area (TPSA) is 41.6 Å². The zero-order chi connectivity index (χ0) is 15.9. The van der Waals surface area contributed by atoms with E-state index >= 15 is 0 Å². The summed E-state index contributed by atoms with van der Waals surface area (Å²) >= 11 is 11.2. The molecule has 0 aliphatic carbocycles. The van der Waals surface area contributed by atoms with Gasteiger partial charge in [-0.25, -0.2) is 0 Å². The van der Waals surface area contributed by atoms with Crippen LogP contribution in [0.1, 0.15) is 31.2 Å². The highest BCUT2D eigenvalue weighted by molar-refractivity contribution is 7.80. The minimum atomic E-state index is -0.233. The maximum atomic E-state index is 12.0. The molecule has 1 aliphatic heterocycles. The van der Waals surface area contributed by atoms with E-state index in [4.69, 9.17) is 28.6 Å². The van der Waals surface area contributed by atoms with Gasteiger partial charge in [-0.3, -0.25) is 4.79 Å². The number of likely N-dealkylation sites (tertiary alicyclic amines) is 1. The average molecular weight is 341 g/mol. The summed E-state index contributed by atoms with van der Waals surface area (Å²) in [5.74, 6) is 0.420. The van der Waals surface area contributed by atoms with Crippen molar-refractivity contribution in [2.45, 2.75) is 32.6 Å². The number of thiocarbonyl (C=S) groups is 1.